The summed E-state index contributed by atoms with van der Waals surface area (Å²) in [5.74, 6) is 0.0292. The molecule has 0 fully saturated rings. The lowest BCUT2D eigenvalue weighted by atomic mass is 9.98. The van der Waals surface area contributed by atoms with Gasteiger partial charge in [-0.15, -0.1) is 0 Å². The molecule has 1 amide bonds. The van der Waals surface area contributed by atoms with E-state index < -0.39 is 6.09 Å². The fraction of sp³-hybridized carbons (Fsp3) is 0.200. The maximum atomic E-state index is 12.5. The second-order valence-electron chi connectivity index (χ2n) is 7.20. The highest BCUT2D eigenvalue weighted by molar-refractivity contribution is 5.79. The molecule has 4 rings (SSSR count). The van der Waals surface area contributed by atoms with Crippen LogP contribution in [0.5, 0.6) is 0 Å². The van der Waals surface area contributed by atoms with Crippen molar-refractivity contribution in [2.24, 2.45) is 0 Å². The number of nitrogens with one attached hydrogen (secondary N) is 1. The van der Waals surface area contributed by atoms with Gasteiger partial charge in [-0.2, -0.15) is 0 Å². The topological polar surface area (TPSA) is 42.7 Å². The number of ether oxygens (including phenoxy) is 1. The van der Waals surface area contributed by atoms with Crippen LogP contribution in [-0.4, -0.2) is 25.3 Å². The summed E-state index contributed by atoms with van der Waals surface area (Å²) in [5, 5.41) is 2.86. The quantitative estimate of drug-likeness (QED) is 0.606. The minimum absolute atomic E-state index is 0.0292. The lowest BCUT2D eigenvalue weighted by Gasteiger charge is -2.17. The number of carbonyl (C=O) groups excluding carboxylic acids is 1. The fourth-order valence-electron chi connectivity index (χ4n) is 3.98. The molecule has 4 heteroatoms. The highest BCUT2D eigenvalue weighted by atomic mass is 16.5. The first-order chi connectivity index (χ1) is 14.3. The van der Waals surface area contributed by atoms with Gasteiger partial charge in [-0.05, 0) is 27.8 Å². The van der Waals surface area contributed by atoms with Crippen LogP contribution in [-0.2, 0) is 11.2 Å². The van der Waals surface area contributed by atoms with E-state index in [1.807, 2.05) is 54.6 Å². The molecule has 144 valence electrons. The molecule has 1 atom stereocenters. The number of nitrogens with zero attached hydrogens (tertiary/aromatic N) is 1. The Morgan fingerprint density at radius 3 is 2.14 bits per heavy atom. The van der Waals surface area contributed by atoms with Gasteiger partial charge in [0.1, 0.15) is 12.6 Å². The van der Waals surface area contributed by atoms with Crippen LogP contribution in [0.25, 0.3) is 16.0 Å². The summed E-state index contributed by atoms with van der Waals surface area (Å²) >= 11 is 0. The van der Waals surface area contributed by atoms with E-state index in [0.717, 1.165) is 5.56 Å². The van der Waals surface area contributed by atoms with Gasteiger partial charge < -0.3 is 14.9 Å². The fourth-order valence-corrected chi connectivity index (χ4v) is 3.98. The van der Waals surface area contributed by atoms with E-state index in [-0.39, 0.29) is 25.1 Å². The summed E-state index contributed by atoms with van der Waals surface area (Å²) in [5.41, 5.74) is 5.85. The molecule has 0 bridgehead atoms. The Kier molecular flexibility index (Phi) is 5.58. The Morgan fingerprint density at radius 2 is 1.52 bits per heavy atom. The molecular formula is C25H22N2O2. The van der Waals surface area contributed by atoms with E-state index in [2.05, 4.69) is 34.4 Å². The van der Waals surface area contributed by atoms with Crippen molar-refractivity contribution in [2.75, 3.05) is 13.2 Å². The number of carbonyl (C=O) groups is 1. The number of alkyl carbamates (subject to hydrolysis) is 1. The monoisotopic (exact) mass is 382 g/mol. The van der Waals surface area contributed by atoms with Crippen LogP contribution < -0.4 is 5.32 Å². The molecule has 0 heterocycles. The maximum Gasteiger partial charge on any atom is 0.407 e. The number of amides is 1. The Labute approximate surface area is 171 Å². The van der Waals surface area contributed by atoms with Gasteiger partial charge in [0.05, 0.1) is 0 Å². The largest absolute Gasteiger partial charge is 0.449 e. The third-order valence-corrected chi connectivity index (χ3v) is 5.30. The Morgan fingerprint density at radius 1 is 0.931 bits per heavy atom. The van der Waals surface area contributed by atoms with Gasteiger partial charge >= 0.3 is 6.09 Å². The highest BCUT2D eigenvalue weighted by Gasteiger charge is 2.29. The van der Waals surface area contributed by atoms with Gasteiger partial charge in [-0.1, -0.05) is 78.9 Å². The molecule has 0 saturated heterocycles. The van der Waals surface area contributed by atoms with E-state index >= 15 is 0 Å². The van der Waals surface area contributed by atoms with Crippen LogP contribution >= 0.6 is 0 Å². The maximum absolute atomic E-state index is 12.5. The van der Waals surface area contributed by atoms with Crippen molar-refractivity contribution in [2.45, 2.75) is 18.4 Å². The van der Waals surface area contributed by atoms with Crippen molar-refractivity contribution in [1.82, 2.24) is 5.32 Å². The summed E-state index contributed by atoms with van der Waals surface area (Å²) in [6.07, 6.45) is 0.129. The summed E-state index contributed by atoms with van der Waals surface area (Å²) in [6, 6.07) is 26.1. The number of benzene rings is 3. The second kappa shape index (κ2) is 8.62. The molecule has 3 aromatic carbocycles. The number of hydrogen-bond donors (Lipinski definition) is 1. The Hall–Kier alpha value is -3.58. The van der Waals surface area contributed by atoms with Gasteiger partial charge in [0.15, 0.2) is 0 Å². The van der Waals surface area contributed by atoms with Gasteiger partial charge in [-0.25, -0.2) is 11.4 Å². The number of rotatable bonds is 6. The van der Waals surface area contributed by atoms with Crippen molar-refractivity contribution in [3.8, 4) is 11.1 Å². The van der Waals surface area contributed by atoms with Crippen molar-refractivity contribution in [3.63, 3.8) is 0 Å². The van der Waals surface area contributed by atoms with Crippen molar-refractivity contribution >= 4 is 6.09 Å². The first kappa shape index (κ1) is 18.8. The molecule has 1 aliphatic rings. The molecule has 3 aromatic rings. The van der Waals surface area contributed by atoms with E-state index in [9.17, 15) is 4.79 Å². The summed E-state index contributed by atoms with van der Waals surface area (Å²) in [4.78, 5) is 15.9. The van der Waals surface area contributed by atoms with Crippen LogP contribution in [0.4, 0.5) is 4.79 Å². The van der Waals surface area contributed by atoms with Crippen LogP contribution in [0.3, 0.4) is 0 Å². The molecule has 0 radical (unpaired) electrons. The minimum atomic E-state index is -0.476. The molecule has 29 heavy (non-hydrogen) atoms. The molecule has 0 aromatic heterocycles. The SMILES string of the molecule is [C-]#[N+]C[C@H](Cc1ccccc1)NC(=O)OCC1c2ccccc2-c2ccccc21. The second-order valence-corrected chi connectivity index (χ2v) is 7.20. The normalized spacial score (nSPS) is 13.1. The molecule has 1 aliphatic carbocycles. The van der Waals surface area contributed by atoms with Crippen molar-refractivity contribution in [3.05, 3.63) is 107 Å². The molecule has 4 nitrogen and oxygen atoms in total. The van der Waals surface area contributed by atoms with Crippen molar-refractivity contribution < 1.29 is 9.53 Å². The molecule has 0 aliphatic heterocycles. The molecule has 0 spiro atoms. The predicted octanol–water partition coefficient (Wildman–Crippen LogP) is 5.06. The lowest BCUT2D eigenvalue weighted by molar-refractivity contribution is 0.139. The molecular weight excluding hydrogens is 360 g/mol. The zero-order valence-corrected chi connectivity index (χ0v) is 16.0. The molecule has 1 N–H and O–H groups in total. The summed E-state index contributed by atoms with van der Waals surface area (Å²) in [6.45, 7) is 7.67. The van der Waals surface area contributed by atoms with Crippen molar-refractivity contribution in [1.29, 1.82) is 0 Å². The van der Waals surface area contributed by atoms with E-state index in [1.54, 1.807) is 0 Å². The van der Waals surface area contributed by atoms with E-state index in [0.29, 0.717) is 6.42 Å². The molecule has 0 saturated carbocycles. The van der Waals surface area contributed by atoms with Gasteiger partial charge in [0, 0.05) is 12.3 Å². The number of hydrogen-bond acceptors (Lipinski definition) is 2. The van der Waals surface area contributed by atoms with Crippen LogP contribution in [0.15, 0.2) is 78.9 Å². The Bertz CT molecular complexity index is 994. The van der Waals surface area contributed by atoms with Gasteiger partial charge in [-0.3, -0.25) is 0 Å². The predicted molar refractivity (Wildman–Crippen MR) is 114 cm³/mol. The van der Waals surface area contributed by atoms with E-state index in [1.165, 1.54) is 22.3 Å². The van der Waals surface area contributed by atoms with E-state index in [4.69, 9.17) is 11.3 Å². The minimum Gasteiger partial charge on any atom is -0.449 e. The standard InChI is InChI=1S/C25H22N2O2/c1-26-16-19(15-18-9-3-2-4-10-18)27-25(28)29-17-24-22-13-7-5-11-20(22)21-12-6-8-14-23(21)24/h2-14,19,24H,15-17H2,(H,27,28)/t19-/m0/s1. The third kappa shape index (κ3) is 4.14. The average Bonchev–Trinajstić information content (AvgIpc) is 3.07. The zero-order chi connectivity index (χ0) is 20.1. The third-order valence-electron chi connectivity index (χ3n) is 5.30. The van der Waals surface area contributed by atoms with Crippen LogP contribution in [0.1, 0.15) is 22.6 Å². The zero-order valence-electron chi connectivity index (χ0n) is 16.0. The smallest absolute Gasteiger partial charge is 0.407 e. The average molecular weight is 382 g/mol. The van der Waals surface area contributed by atoms with Gasteiger partial charge in [0.2, 0.25) is 6.54 Å². The van der Waals surface area contributed by atoms with Crippen LogP contribution in [0, 0.1) is 6.57 Å². The first-order valence-electron chi connectivity index (χ1n) is 9.75. The number of fused-ring (bicyclic) bond motifs is 3. The first-order valence-corrected chi connectivity index (χ1v) is 9.75. The lowest BCUT2D eigenvalue weighted by Crippen LogP contribution is -2.39. The Balaban J connectivity index is 1.42. The molecule has 0 unspecified atom stereocenters. The summed E-state index contributed by atoms with van der Waals surface area (Å²) in [7, 11) is 0. The highest BCUT2D eigenvalue weighted by Crippen LogP contribution is 2.44. The van der Waals surface area contributed by atoms with Gasteiger partial charge in [0.25, 0.3) is 0 Å². The summed E-state index contributed by atoms with van der Waals surface area (Å²) < 4.78 is 5.60. The van der Waals surface area contributed by atoms with Crippen LogP contribution in [0.2, 0.25) is 0 Å².